The van der Waals surface area contributed by atoms with Gasteiger partial charge in [-0.1, -0.05) is 35.9 Å². The molecule has 3 aromatic heterocycles. The molecule has 2 aromatic carbocycles. The minimum atomic E-state index is -1.01. The topological polar surface area (TPSA) is 78.7 Å². The third-order valence-corrected chi connectivity index (χ3v) is 6.66. The van der Waals surface area contributed by atoms with Crippen molar-refractivity contribution in [1.82, 2.24) is 19.1 Å². The van der Waals surface area contributed by atoms with Crippen molar-refractivity contribution in [2.24, 2.45) is 19.8 Å². The van der Waals surface area contributed by atoms with E-state index in [4.69, 9.17) is 17.3 Å². The van der Waals surface area contributed by atoms with Crippen LogP contribution >= 0.6 is 11.6 Å². The van der Waals surface area contributed by atoms with Gasteiger partial charge in [-0.3, -0.25) is 9.78 Å². The number of rotatable bonds is 4. The van der Waals surface area contributed by atoms with Gasteiger partial charge in [0.2, 0.25) is 0 Å². The lowest BCUT2D eigenvalue weighted by atomic mass is 9.80. The minimum Gasteiger partial charge on any atom is -0.336 e. The molecule has 7 heteroatoms. The van der Waals surface area contributed by atoms with E-state index >= 15 is 0 Å². The summed E-state index contributed by atoms with van der Waals surface area (Å²) in [4.78, 5) is 21.6. The molecule has 5 rings (SSSR count). The first-order chi connectivity index (χ1) is 16.3. The summed E-state index contributed by atoms with van der Waals surface area (Å²) in [6, 6.07) is 19.1. The van der Waals surface area contributed by atoms with Crippen LogP contribution in [0.1, 0.15) is 22.5 Å². The van der Waals surface area contributed by atoms with E-state index in [1.807, 2.05) is 73.3 Å². The highest BCUT2D eigenvalue weighted by Crippen LogP contribution is 2.37. The number of halogens is 1. The van der Waals surface area contributed by atoms with Crippen LogP contribution in [-0.4, -0.2) is 19.1 Å². The molecule has 6 nitrogen and oxygen atoms in total. The first kappa shape index (κ1) is 22.1. The molecular formula is C27H24ClN5O. The Balaban J connectivity index is 1.84. The molecule has 34 heavy (non-hydrogen) atoms. The van der Waals surface area contributed by atoms with Crippen molar-refractivity contribution >= 4 is 22.5 Å². The van der Waals surface area contributed by atoms with Crippen LogP contribution in [0, 0.1) is 6.92 Å². The van der Waals surface area contributed by atoms with Crippen molar-refractivity contribution in [2.75, 3.05) is 0 Å². The molecule has 0 spiro atoms. The molecule has 0 amide bonds. The van der Waals surface area contributed by atoms with Crippen LogP contribution in [0.2, 0.25) is 5.02 Å². The van der Waals surface area contributed by atoms with Gasteiger partial charge in [0.1, 0.15) is 5.54 Å². The van der Waals surface area contributed by atoms with Crippen molar-refractivity contribution < 1.29 is 0 Å². The van der Waals surface area contributed by atoms with Crippen molar-refractivity contribution in [3.63, 3.8) is 0 Å². The second-order valence-corrected chi connectivity index (χ2v) is 9.02. The van der Waals surface area contributed by atoms with Gasteiger partial charge in [0, 0.05) is 48.0 Å². The molecule has 5 aromatic rings. The van der Waals surface area contributed by atoms with Crippen LogP contribution in [0.25, 0.3) is 22.0 Å². The summed E-state index contributed by atoms with van der Waals surface area (Å²) in [6.45, 7) is 1.94. The monoisotopic (exact) mass is 469 g/mol. The second kappa shape index (κ2) is 8.24. The van der Waals surface area contributed by atoms with E-state index < -0.39 is 5.54 Å². The maximum Gasteiger partial charge on any atom is 0.251 e. The zero-order valence-corrected chi connectivity index (χ0v) is 19.9. The molecule has 170 valence electrons. The summed E-state index contributed by atoms with van der Waals surface area (Å²) in [6.07, 6.45) is 5.33. The number of aryl methyl sites for hydroxylation is 3. The first-order valence-corrected chi connectivity index (χ1v) is 11.3. The van der Waals surface area contributed by atoms with E-state index in [1.165, 1.54) is 0 Å². The second-order valence-electron chi connectivity index (χ2n) is 8.58. The zero-order chi connectivity index (χ0) is 24.0. The number of aromatic nitrogens is 4. The molecular weight excluding hydrogens is 446 g/mol. The van der Waals surface area contributed by atoms with Gasteiger partial charge in [-0.05, 0) is 53.9 Å². The predicted molar refractivity (Wildman–Crippen MR) is 136 cm³/mol. The number of nitrogens with two attached hydrogens (primary N) is 1. The number of nitrogens with zero attached hydrogens (tertiary/aromatic N) is 4. The fourth-order valence-corrected chi connectivity index (χ4v) is 4.69. The van der Waals surface area contributed by atoms with Crippen molar-refractivity contribution in [3.8, 4) is 11.1 Å². The summed E-state index contributed by atoms with van der Waals surface area (Å²) >= 11 is 6.28. The lowest BCUT2D eigenvalue weighted by Gasteiger charge is -2.31. The quantitative estimate of drug-likeness (QED) is 0.419. The Hall–Kier alpha value is -3.74. The van der Waals surface area contributed by atoms with E-state index in [1.54, 1.807) is 30.2 Å². The Morgan fingerprint density at radius 2 is 1.76 bits per heavy atom. The van der Waals surface area contributed by atoms with Gasteiger partial charge in [-0.15, -0.1) is 0 Å². The standard InChI is InChI=1S/C27H24ClN5O/c1-17-7-8-20(14-31-17)27(29,25-15-30-16-32(25)2)19-9-10-24-23(12-19)22(13-26(34)33(24)3)18-5-4-6-21(28)11-18/h4-16H,29H2,1-3H3. The van der Waals surface area contributed by atoms with Gasteiger partial charge < -0.3 is 14.9 Å². The van der Waals surface area contributed by atoms with E-state index in [9.17, 15) is 4.79 Å². The fraction of sp³-hybridized carbons (Fsp3) is 0.148. The summed E-state index contributed by atoms with van der Waals surface area (Å²) in [5.41, 5.74) is 12.0. The molecule has 0 aliphatic heterocycles. The van der Waals surface area contributed by atoms with E-state index in [-0.39, 0.29) is 5.56 Å². The Labute approximate surface area is 202 Å². The maximum absolute atomic E-state index is 12.8. The van der Waals surface area contributed by atoms with Crippen LogP contribution in [0.3, 0.4) is 0 Å². The molecule has 0 aliphatic carbocycles. The van der Waals surface area contributed by atoms with Crippen molar-refractivity contribution in [1.29, 1.82) is 0 Å². The van der Waals surface area contributed by atoms with Gasteiger partial charge >= 0.3 is 0 Å². The van der Waals surface area contributed by atoms with Gasteiger partial charge in [0.15, 0.2) is 0 Å². The molecule has 0 saturated carbocycles. The Kier molecular flexibility index (Phi) is 5.35. The molecule has 0 aliphatic rings. The fourth-order valence-electron chi connectivity index (χ4n) is 4.50. The Bertz CT molecular complexity index is 1590. The van der Waals surface area contributed by atoms with Crippen LogP contribution in [0.5, 0.6) is 0 Å². The highest BCUT2D eigenvalue weighted by molar-refractivity contribution is 6.30. The van der Waals surface area contributed by atoms with Crippen LogP contribution in [-0.2, 0) is 19.6 Å². The molecule has 1 unspecified atom stereocenters. The molecule has 0 bridgehead atoms. The summed E-state index contributed by atoms with van der Waals surface area (Å²) in [5, 5.41) is 1.51. The number of imidazole rings is 1. The largest absolute Gasteiger partial charge is 0.336 e. The van der Waals surface area contributed by atoms with Crippen LogP contribution < -0.4 is 11.3 Å². The van der Waals surface area contributed by atoms with E-state index in [0.717, 1.165) is 44.5 Å². The number of hydrogen-bond acceptors (Lipinski definition) is 4. The smallest absolute Gasteiger partial charge is 0.251 e. The van der Waals surface area contributed by atoms with Gasteiger partial charge in [0.25, 0.3) is 5.56 Å². The summed E-state index contributed by atoms with van der Waals surface area (Å²) < 4.78 is 3.56. The van der Waals surface area contributed by atoms with Crippen molar-refractivity contribution in [2.45, 2.75) is 12.5 Å². The SMILES string of the molecule is Cc1ccc(C(N)(c2ccc3c(c2)c(-c2cccc(Cl)c2)cc(=O)n3C)c2cncn2C)cn1. The van der Waals surface area contributed by atoms with Gasteiger partial charge in [-0.25, -0.2) is 4.98 Å². The third kappa shape index (κ3) is 3.52. The van der Waals surface area contributed by atoms with E-state index in [2.05, 4.69) is 16.0 Å². The molecule has 1 atom stereocenters. The molecule has 0 fully saturated rings. The lowest BCUT2D eigenvalue weighted by Crippen LogP contribution is -2.41. The Morgan fingerprint density at radius 3 is 2.44 bits per heavy atom. The molecule has 2 N–H and O–H groups in total. The van der Waals surface area contributed by atoms with Gasteiger partial charge in [0.05, 0.1) is 23.7 Å². The normalized spacial score (nSPS) is 13.2. The molecule has 0 radical (unpaired) electrons. The number of pyridine rings is 2. The van der Waals surface area contributed by atoms with Gasteiger partial charge in [-0.2, -0.15) is 0 Å². The average Bonchev–Trinajstić information content (AvgIpc) is 3.27. The highest BCUT2D eigenvalue weighted by Gasteiger charge is 2.35. The highest BCUT2D eigenvalue weighted by atomic mass is 35.5. The number of benzene rings is 2. The summed E-state index contributed by atoms with van der Waals surface area (Å²) in [7, 11) is 3.69. The minimum absolute atomic E-state index is 0.0939. The predicted octanol–water partition coefficient (Wildman–Crippen LogP) is 4.55. The van der Waals surface area contributed by atoms with Crippen LogP contribution in [0.15, 0.2) is 84.2 Å². The maximum atomic E-state index is 12.8. The number of hydrogen-bond donors (Lipinski definition) is 1. The lowest BCUT2D eigenvalue weighted by molar-refractivity contribution is 0.594. The third-order valence-electron chi connectivity index (χ3n) is 6.42. The van der Waals surface area contributed by atoms with Crippen molar-refractivity contribution in [3.05, 3.63) is 117 Å². The number of fused-ring (bicyclic) bond motifs is 1. The molecule has 3 heterocycles. The first-order valence-electron chi connectivity index (χ1n) is 10.9. The molecule has 0 saturated heterocycles. The average molecular weight is 470 g/mol. The Morgan fingerprint density at radius 1 is 0.971 bits per heavy atom. The van der Waals surface area contributed by atoms with E-state index in [0.29, 0.717) is 5.02 Å². The summed E-state index contributed by atoms with van der Waals surface area (Å²) in [5.74, 6) is 0. The van der Waals surface area contributed by atoms with Crippen LogP contribution in [0.4, 0.5) is 0 Å². The zero-order valence-electron chi connectivity index (χ0n) is 19.2.